The third-order valence-corrected chi connectivity index (χ3v) is 2.50. The minimum atomic E-state index is -0.738. The molecule has 0 aliphatic rings. The van der Waals surface area contributed by atoms with Crippen molar-refractivity contribution in [2.75, 3.05) is 19.3 Å². The van der Waals surface area contributed by atoms with Crippen molar-refractivity contribution in [2.24, 2.45) is 0 Å². The van der Waals surface area contributed by atoms with Crippen molar-refractivity contribution >= 4 is 11.0 Å². The number of hydrogen-bond donors (Lipinski definition) is 0. The zero-order valence-electron chi connectivity index (χ0n) is 6.39. The summed E-state index contributed by atoms with van der Waals surface area (Å²) in [6.45, 7) is 4.95. The van der Waals surface area contributed by atoms with Crippen LogP contribution >= 0.6 is 0 Å². The van der Waals surface area contributed by atoms with Gasteiger partial charge in [-0.15, -0.1) is 0 Å². The van der Waals surface area contributed by atoms with Gasteiger partial charge < -0.3 is 0 Å². The van der Waals surface area contributed by atoms with Crippen LogP contribution in [0.25, 0.3) is 0 Å². The van der Waals surface area contributed by atoms with Gasteiger partial charge in [-0.1, -0.05) is 13.8 Å². The summed E-state index contributed by atoms with van der Waals surface area (Å²) in [7, 11) is 1.15. The summed E-state index contributed by atoms with van der Waals surface area (Å²) in [5.74, 6) is 0.733. The predicted molar refractivity (Wildman–Crippen MR) is 41.6 cm³/mol. The Balaban J connectivity index is 3.45. The molecule has 0 N–H and O–H groups in total. The van der Waals surface area contributed by atoms with Gasteiger partial charge in [0, 0.05) is 12.3 Å². The molecule has 9 heavy (non-hydrogen) atoms. The van der Waals surface area contributed by atoms with E-state index in [9.17, 15) is 4.21 Å². The molecule has 0 aromatic carbocycles. The molecule has 0 aromatic heterocycles. The first-order valence-corrected chi connectivity index (χ1v) is 4.59. The van der Waals surface area contributed by atoms with Crippen molar-refractivity contribution in [3.8, 4) is 0 Å². The Kier molecular flexibility index (Phi) is 5.00. The van der Waals surface area contributed by atoms with Gasteiger partial charge in [0.1, 0.15) is 0 Å². The van der Waals surface area contributed by atoms with Crippen LogP contribution < -0.4 is 0 Å². The van der Waals surface area contributed by atoms with Crippen molar-refractivity contribution in [3.05, 3.63) is 0 Å². The SMILES string of the molecule is CCCN(C)S(=O)CC. The molecular weight excluding hydrogens is 134 g/mol. The highest BCUT2D eigenvalue weighted by Crippen LogP contribution is 1.91. The molecule has 0 fully saturated rings. The third-order valence-electron chi connectivity index (χ3n) is 1.13. The minimum Gasteiger partial charge on any atom is -0.243 e. The van der Waals surface area contributed by atoms with Crippen LogP contribution in [-0.2, 0) is 11.0 Å². The molecule has 0 aliphatic heterocycles. The maximum Gasteiger partial charge on any atom is 0.0937 e. The van der Waals surface area contributed by atoms with Gasteiger partial charge in [0.15, 0.2) is 0 Å². The van der Waals surface area contributed by atoms with Crippen LogP contribution in [0.15, 0.2) is 0 Å². The van der Waals surface area contributed by atoms with Crippen molar-refractivity contribution in [1.29, 1.82) is 0 Å². The quantitative estimate of drug-likeness (QED) is 0.584. The fraction of sp³-hybridized carbons (Fsp3) is 1.00. The molecule has 0 spiro atoms. The zero-order valence-corrected chi connectivity index (χ0v) is 7.20. The van der Waals surface area contributed by atoms with Gasteiger partial charge in [0.05, 0.1) is 11.0 Å². The molecule has 0 aromatic rings. The second-order valence-corrected chi connectivity index (χ2v) is 3.81. The molecule has 0 heterocycles. The van der Waals surface area contributed by atoms with Gasteiger partial charge in [-0.2, -0.15) is 0 Å². The zero-order chi connectivity index (χ0) is 7.28. The average molecular weight is 149 g/mol. The molecule has 1 atom stereocenters. The van der Waals surface area contributed by atoms with Crippen LogP contribution in [0.4, 0.5) is 0 Å². The first-order valence-electron chi connectivity index (χ1n) is 3.32. The van der Waals surface area contributed by atoms with Gasteiger partial charge in [-0.3, -0.25) is 0 Å². The molecule has 0 saturated heterocycles. The van der Waals surface area contributed by atoms with Gasteiger partial charge in [0.25, 0.3) is 0 Å². The lowest BCUT2D eigenvalue weighted by molar-refractivity contribution is 0.520. The largest absolute Gasteiger partial charge is 0.243 e. The Morgan fingerprint density at radius 2 is 2.00 bits per heavy atom. The van der Waals surface area contributed by atoms with E-state index in [4.69, 9.17) is 0 Å². The molecule has 56 valence electrons. The number of hydrogen-bond acceptors (Lipinski definition) is 1. The predicted octanol–water partition coefficient (Wildman–Crippen LogP) is 1.01. The van der Waals surface area contributed by atoms with E-state index in [1.165, 1.54) is 0 Å². The standard InChI is InChI=1S/C6H15NOS/c1-4-6-7(3)9(8)5-2/h4-6H2,1-3H3. The second kappa shape index (κ2) is 4.94. The van der Waals surface area contributed by atoms with E-state index in [1.807, 2.05) is 18.3 Å². The first kappa shape index (κ1) is 9.11. The summed E-state index contributed by atoms with van der Waals surface area (Å²) in [6.07, 6.45) is 1.07. The van der Waals surface area contributed by atoms with Crippen LogP contribution in [0.2, 0.25) is 0 Å². The summed E-state index contributed by atoms with van der Waals surface area (Å²) < 4.78 is 12.8. The van der Waals surface area contributed by atoms with Crippen LogP contribution in [0.3, 0.4) is 0 Å². The topological polar surface area (TPSA) is 20.3 Å². The van der Waals surface area contributed by atoms with E-state index in [0.717, 1.165) is 18.7 Å². The van der Waals surface area contributed by atoms with Crippen molar-refractivity contribution in [3.63, 3.8) is 0 Å². The Labute approximate surface area is 59.8 Å². The number of nitrogens with zero attached hydrogens (tertiary/aromatic N) is 1. The summed E-state index contributed by atoms with van der Waals surface area (Å²) in [6, 6.07) is 0. The maximum absolute atomic E-state index is 10.9. The van der Waals surface area contributed by atoms with E-state index in [1.54, 1.807) is 0 Å². The van der Waals surface area contributed by atoms with E-state index in [2.05, 4.69) is 6.92 Å². The van der Waals surface area contributed by atoms with E-state index in [0.29, 0.717) is 0 Å². The Hall–Kier alpha value is 0.110. The normalized spacial score (nSPS) is 14.2. The van der Waals surface area contributed by atoms with Crippen molar-refractivity contribution in [1.82, 2.24) is 4.31 Å². The Bertz CT molecular complexity index is 95.1. The highest BCUT2D eigenvalue weighted by Gasteiger charge is 2.01. The maximum atomic E-state index is 10.9. The molecule has 2 nitrogen and oxygen atoms in total. The molecule has 0 bridgehead atoms. The minimum absolute atomic E-state index is 0.733. The van der Waals surface area contributed by atoms with Crippen LogP contribution in [0, 0.1) is 0 Å². The highest BCUT2D eigenvalue weighted by atomic mass is 32.2. The van der Waals surface area contributed by atoms with E-state index < -0.39 is 11.0 Å². The molecule has 1 unspecified atom stereocenters. The van der Waals surface area contributed by atoms with Crippen molar-refractivity contribution in [2.45, 2.75) is 20.3 Å². The fourth-order valence-corrected chi connectivity index (χ4v) is 1.46. The highest BCUT2D eigenvalue weighted by molar-refractivity contribution is 7.82. The first-order chi connectivity index (χ1) is 4.22. The monoisotopic (exact) mass is 149 g/mol. The Morgan fingerprint density at radius 1 is 1.44 bits per heavy atom. The van der Waals surface area contributed by atoms with Gasteiger partial charge >= 0.3 is 0 Å². The molecule has 0 aliphatic carbocycles. The van der Waals surface area contributed by atoms with Crippen molar-refractivity contribution < 1.29 is 4.21 Å². The summed E-state index contributed by atoms with van der Waals surface area (Å²) in [5, 5.41) is 0. The fourth-order valence-electron chi connectivity index (χ4n) is 0.637. The van der Waals surface area contributed by atoms with E-state index >= 15 is 0 Å². The Morgan fingerprint density at radius 3 is 2.33 bits per heavy atom. The lowest BCUT2D eigenvalue weighted by Gasteiger charge is -2.11. The van der Waals surface area contributed by atoms with Gasteiger partial charge in [-0.25, -0.2) is 8.51 Å². The molecule has 0 saturated carbocycles. The number of rotatable bonds is 4. The second-order valence-electron chi connectivity index (χ2n) is 1.96. The van der Waals surface area contributed by atoms with E-state index in [-0.39, 0.29) is 0 Å². The summed E-state index contributed by atoms with van der Waals surface area (Å²) in [5.41, 5.74) is 0. The molecule has 0 rings (SSSR count). The summed E-state index contributed by atoms with van der Waals surface area (Å²) in [4.78, 5) is 0. The molecule has 0 amide bonds. The van der Waals surface area contributed by atoms with Gasteiger partial charge in [-0.05, 0) is 13.5 Å². The smallest absolute Gasteiger partial charge is 0.0937 e. The molecule has 0 radical (unpaired) electrons. The lowest BCUT2D eigenvalue weighted by atomic mass is 10.5. The summed E-state index contributed by atoms with van der Waals surface area (Å²) >= 11 is 0. The third kappa shape index (κ3) is 3.65. The molecule has 3 heteroatoms. The molecular formula is C6H15NOS. The van der Waals surface area contributed by atoms with Crippen LogP contribution in [0.1, 0.15) is 20.3 Å². The van der Waals surface area contributed by atoms with Crippen LogP contribution in [0.5, 0.6) is 0 Å². The lowest BCUT2D eigenvalue weighted by Crippen LogP contribution is -2.22. The average Bonchev–Trinajstić information content (AvgIpc) is 1.87. The van der Waals surface area contributed by atoms with Crippen LogP contribution in [-0.4, -0.2) is 27.9 Å². The van der Waals surface area contributed by atoms with Gasteiger partial charge in [0.2, 0.25) is 0 Å².